The molecule has 17 atom stereocenters. The third-order valence-corrected chi connectivity index (χ3v) is 18.4. The van der Waals surface area contributed by atoms with E-state index in [1.807, 2.05) is 6.08 Å². The lowest BCUT2D eigenvalue weighted by Gasteiger charge is -2.48. The summed E-state index contributed by atoms with van der Waals surface area (Å²) in [5, 5.41) is 121. The summed E-state index contributed by atoms with van der Waals surface area (Å²) in [5.74, 6) is -0.286. The maximum absolute atomic E-state index is 13.4. The maximum atomic E-state index is 13.4. The molecule has 0 radical (unpaired) electrons. The Hall–Kier alpha value is -2.25. The van der Waals surface area contributed by atoms with Crippen LogP contribution in [-0.2, 0) is 33.2 Å². The number of unbranched alkanes of at least 4 members (excludes halogenated alkanes) is 35. The summed E-state index contributed by atoms with van der Waals surface area (Å²) >= 11 is 0. The van der Waals surface area contributed by atoms with Crippen molar-refractivity contribution in [2.75, 3.05) is 26.4 Å². The smallest absolute Gasteiger partial charge is 0.220 e. The van der Waals surface area contributed by atoms with Gasteiger partial charge in [0.25, 0.3) is 0 Å². The first kappa shape index (κ1) is 84.0. The van der Waals surface area contributed by atoms with Gasteiger partial charge in [-0.2, -0.15) is 0 Å². The molecule has 3 aliphatic rings. The van der Waals surface area contributed by atoms with Gasteiger partial charge in [0.05, 0.1) is 38.6 Å². The number of nitrogens with one attached hydrogen (secondary N) is 1. The largest absolute Gasteiger partial charge is 0.394 e. The van der Waals surface area contributed by atoms with E-state index in [2.05, 4.69) is 55.6 Å². The van der Waals surface area contributed by atoms with Crippen LogP contribution in [0, 0.1) is 0 Å². The van der Waals surface area contributed by atoms with Crippen LogP contribution in [-0.4, -0.2) is 193 Å². The van der Waals surface area contributed by atoms with E-state index in [1.165, 1.54) is 173 Å². The molecule has 0 aromatic carbocycles. The molecule has 3 saturated heterocycles. The molecule has 12 N–H and O–H groups in total. The van der Waals surface area contributed by atoms with Crippen LogP contribution in [0.2, 0.25) is 0 Å². The highest BCUT2D eigenvalue weighted by Crippen LogP contribution is 2.33. The maximum Gasteiger partial charge on any atom is 0.220 e. The highest BCUT2D eigenvalue weighted by atomic mass is 16.8. The van der Waals surface area contributed by atoms with E-state index < -0.39 is 124 Å². The minimum Gasteiger partial charge on any atom is -0.394 e. The SMILES string of the molecule is CCCCCCC/C=C\C/C=C\C/C=C\CCCCCCCCC(=O)NC(COC1OC(CO)C(OC2OC(CO)C(OC3OC(CO)C(O)C(O)C3O)C(O)C2O)C(O)C1O)C(O)/C=C/CCCCCCCCCCCCCCCCCCCCCCCCCC. The first-order valence-electron chi connectivity index (χ1n) is 36.9. The number of aliphatic hydroxyl groups is 11. The Morgan fingerprint density at radius 2 is 0.717 bits per heavy atom. The fraction of sp³-hybridized carbons (Fsp3) is 0.877. The highest BCUT2D eigenvalue weighted by molar-refractivity contribution is 5.76. The Labute approximate surface area is 554 Å². The number of rotatable bonds is 57. The van der Waals surface area contributed by atoms with Crippen LogP contribution in [0.25, 0.3) is 0 Å². The summed E-state index contributed by atoms with van der Waals surface area (Å²) in [6, 6.07) is -0.983. The zero-order chi connectivity index (χ0) is 66.8. The summed E-state index contributed by atoms with van der Waals surface area (Å²) in [7, 11) is 0. The molecule has 0 spiro atoms. The van der Waals surface area contributed by atoms with Crippen LogP contribution in [0.4, 0.5) is 0 Å². The van der Waals surface area contributed by atoms with Crippen LogP contribution in [0.5, 0.6) is 0 Å². The Balaban J connectivity index is 1.43. The lowest BCUT2D eigenvalue weighted by molar-refractivity contribution is -0.379. The third-order valence-electron chi connectivity index (χ3n) is 18.4. The predicted octanol–water partition coefficient (Wildman–Crippen LogP) is 10.6. The van der Waals surface area contributed by atoms with Gasteiger partial charge in [0, 0.05) is 6.42 Å². The molecule has 92 heavy (non-hydrogen) atoms. The van der Waals surface area contributed by atoms with Crippen molar-refractivity contribution < 1.29 is 89.4 Å². The first-order chi connectivity index (χ1) is 44.8. The van der Waals surface area contributed by atoms with Gasteiger partial charge in [0.1, 0.15) is 73.2 Å². The van der Waals surface area contributed by atoms with Gasteiger partial charge >= 0.3 is 0 Å². The number of carbonyl (C=O) groups is 1. The number of aliphatic hydroxyl groups excluding tert-OH is 11. The topological polar surface area (TPSA) is 307 Å². The second-order valence-corrected chi connectivity index (χ2v) is 26.4. The molecule has 3 rings (SSSR count). The van der Waals surface area contributed by atoms with E-state index in [1.54, 1.807) is 6.08 Å². The number of allylic oxidation sites excluding steroid dienone is 7. The standard InChI is InChI=1S/C73H133NO18/c1-3-5-7-9-11-13-15-17-19-21-23-25-26-27-28-29-31-32-34-36-38-40-42-44-46-48-50-57(78)56(74-61(79)51-49-47-45-43-41-39-37-35-33-30-24-22-20-18-16-14-12-10-8-6-4-2)55-87-71-67(85)64(82)69(59(53-76)89-71)92-73-68(86)65(83)70(60(54-77)90-73)91-72-66(84)63(81)62(80)58(52-75)88-72/h16,18,22,24,33,35,48,50,56-60,62-73,75-78,80-86H,3-15,17,19-21,23,25-32,34,36-47,49,51-55H2,1-2H3,(H,74,79)/b18-16-,24-22-,35-33-,50-48+. The third kappa shape index (κ3) is 35.8. The summed E-state index contributed by atoms with van der Waals surface area (Å²) in [6.45, 7) is 1.74. The molecule has 1 amide bonds. The van der Waals surface area contributed by atoms with Gasteiger partial charge in [-0.15, -0.1) is 0 Å². The van der Waals surface area contributed by atoms with Gasteiger partial charge in [-0.05, 0) is 57.8 Å². The van der Waals surface area contributed by atoms with Crippen LogP contribution >= 0.6 is 0 Å². The second kappa shape index (κ2) is 54.7. The average Bonchev–Trinajstić information content (AvgIpc) is 0.838. The van der Waals surface area contributed by atoms with Crippen molar-refractivity contribution in [1.29, 1.82) is 0 Å². The Kier molecular flexibility index (Phi) is 50.0. The van der Waals surface area contributed by atoms with Crippen molar-refractivity contribution in [3.05, 3.63) is 48.6 Å². The summed E-state index contributed by atoms with van der Waals surface area (Å²) in [5.41, 5.74) is 0. The number of hydrogen-bond acceptors (Lipinski definition) is 18. The van der Waals surface area contributed by atoms with E-state index in [0.29, 0.717) is 6.42 Å². The molecule has 19 heteroatoms. The average molecular weight is 1310 g/mol. The van der Waals surface area contributed by atoms with Gasteiger partial charge < -0.3 is 89.9 Å². The van der Waals surface area contributed by atoms with Gasteiger partial charge in [0.15, 0.2) is 18.9 Å². The molecule has 3 fully saturated rings. The molecule has 0 bridgehead atoms. The normalized spacial score (nSPS) is 27.9. The Morgan fingerprint density at radius 1 is 0.391 bits per heavy atom. The van der Waals surface area contributed by atoms with Crippen molar-refractivity contribution in [2.45, 2.75) is 381 Å². The quantitative estimate of drug-likeness (QED) is 0.0199. The van der Waals surface area contributed by atoms with Crippen LogP contribution in [0.1, 0.15) is 277 Å². The van der Waals surface area contributed by atoms with E-state index in [-0.39, 0.29) is 18.9 Å². The molecule has 0 aliphatic carbocycles. The van der Waals surface area contributed by atoms with Crippen molar-refractivity contribution in [2.24, 2.45) is 0 Å². The number of hydrogen-bond donors (Lipinski definition) is 12. The molecule has 3 heterocycles. The fourth-order valence-electron chi connectivity index (χ4n) is 12.4. The number of ether oxygens (including phenoxy) is 6. The van der Waals surface area contributed by atoms with Gasteiger partial charge in [-0.3, -0.25) is 4.79 Å². The van der Waals surface area contributed by atoms with Crippen LogP contribution < -0.4 is 5.32 Å². The lowest BCUT2D eigenvalue weighted by Crippen LogP contribution is -2.66. The van der Waals surface area contributed by atoms with Crippen molar-refractivity contribution in [3.63, 3.8) is 0 Å². The summed E-state index contributed by atoms with van der Waals surface area (Å²) in [4.78, 5) is 13.4. The second-order valence-electron chi connectivity index (χ2n) is 26.4. The van der Waals surface area contributed by atoms with Crippen LogP contribution in [0.3, 0.4) is 0 Å². The first-order valence-corrected chi connectivity index (χ1v) is 36.9. The highest BCUT2D eigenvalue weighted by Gasteiger charge is 2.53. The minimum absolute atomic E-state index is 0.228. The zero-order valence-corrected chi connectivity index (χ0v) is 57.0. The Morgan fingerprint density at radius 3 is 1.12 bits per heavy atom. The van der Waals surface area contributed by atoms with Crippen molar-refractivity contribution in [1.82, 2.24) is 5.32 Å². The Bertz CT molecular complexity index is 1860. The van der Waals surface area contributed by atoms with Crippen molar-refractivity contribution >= 4 is 5.91 Å². The lowest BCUT2D eigenvalue weighted by atomic mass is 9.96. The van der Waals surface area contributed by atoms with E-state index in [0.717, 1.165) is 77.0 Å². The molecule has 19 nitrogen and oxygen atoms in total. The molecule has 17 unspecified atom stereocenters. The predicted molar refractivity (Wildman–Crippen MR) is 360 cm³/mol. The van der Waals surface area contributed by atoms with E-state index in [9.17, 15) is 61.0 Å². The molecule has 538 valence electrons. The van der Waals surface area contributed by atoms with Crippen LogP contribution in [0.15, 0.2) is 48.6 Å². The van der Waals surface area contributed by atoms with E-state index in [4.69, 9.17) is 28.4 Å². The monoisotopic (exact) mass is 1310 g/mol. The molecule has 0 saturated carbocycles. The molecule has 0 aromatic rings. The fourth-order valence-corrected chi connectivity index (χ4v) is 12.4. The molecular formula is C73H133NO18. The zero-order valence-electron chi connectivity index (χ0n) is 57.0. The minimum atomic E-state index is -1.98. The number of amides is 1. The molecule has 0 aromatic heterocycles. The van der Waals surface area contributed by atoms with Crippen molar-refractivity contribution in [3.8, 4) is 0 Å². The molecule has 3 aliphatic heterocycles. The summed E-state index contributed by atoms with van der Waals surface area (Å²) in [6.07, 6.45) is 39.4. The van der Waals surface area contributed by atoms with Gasteiger partial charge in [-0.1, -0.05) is 262 Å². The van der Waals surface area contributed by atoms with Gasteiger partial charge in [-0.25, -0.2) is 0 Å². The van der Waals surface area contributed by atoms with E-state index >= 15 is 0 Å². The number of carbonyl (C=O) groups excluding carboxylic acids is 1. The van der Waals surface area contributed by atoms with Gasteiger partial charge in [0.2, 0.25) is 5.91 Å². The summed E-state index contributed by atoms with van der Waals surface area (Å²) < 4.78 is 34.4. The molecular weight excluding hydrogens is 1180 g/mol.